The molecule has 5 nitrogen and oxygen atoms in total. The van der Waals surface area contributed by atoms with Crippen molar-refractivity contribution in [3.8, 4) is 5.75 Å². The minimum Gasteiger partial charge on any atom is -0.494 e. The molecular formula is C19H31IN2O3S. The topological polar surface area (TPSA) is 61.8 Å². The molecule has 148 valence electrons. The lowest BCUT2D eigenvalue weighted by Crippen LogP contribution is -2.29. The highest BCUT2D eigenvalue weighted by atomic mass is 127. The van der Waals surface area contributed by atoms with Gasteiger partial charge in [-0.3, -0.25) is 9.69 Å². The van der Waals surface area contributed by atoms with Crippen LogP contribution < -0.4 is 10.1 Å². The van der Waals surface area contributed by atoms with Gasteiger partial charge in [0, 0.05) is 19.7 Å². The quantitative estimate of drug-likeness (QED) is 0.406. The fourth-order valence-corrected chi connectivity index (χ4v) is 3.75. The molecule has 2 N–H and O–H groups in total. The van der Waals surface area contributed by atoms with Crippen LogP contribution in [0.3, 0.4) is 0 Å². The van der Waals surface area contributed by atoms with Crippen LogP contribution in [0, 0.1) is 0 Å². The summed E-state index contributed by atoms with van der Waals surface area (Å²) in [7, 11) is 1.51. The molecule has 1 fully saturated rings. The third-order valence-corrected chi connectivity index (χ3v) is 5.16. The van der Waals surface area contributed by atoms with Gasteiger partial charge in [-0.25, -0.2) is 0 Å². The van der Waals surface area contributed by atoms with Gasteiger partial charge in [0.1, 0.15) is 5.75 Å². The summed E-state index contributed by atoms with van der Waals surface area (Å²) in [6.07, 6.45) is 4.83. The number of aliphatic hydroxyl groups is 1. The van der Waals surface area contributed by atoms with Crippen LogP contribution in [0.1, 0.15) is 38.2 Å². The molecule has 1 heterocycles. The maximum atomic E-state index is 11.3. The molecule has 1 saturated heterocycles. The number of aliphatic hydroxyl groups excluding tert-OH is 1. The van der Waals surface area contributed by atoms with Crippen molar-refractivity contribution >= 4 is 36.0 Å². The zero-order valence-electron chi connectivity index (χ0n) is 15.6. The Hall–Kier alpha value is -0.510. The molecule has 0 spiro atoms. The molecule has 26 heavy (non-hydrogen) atoms. The highest BCUT2D eigenvalue weighted by Gasteiger charge is 2.10. The summed E-state index contributed by atoms with van der Waals surface area (Å²) in [6, 6.07) is 8.38. The number of halogens is 1. The Balaban J connectivity index is 0.00000105. The maximum absolute atomic E-state index is 11.3. The molecule has 1 aliphatic rings. The van der Waals surface area contributed by atoms with Gasteiger partial charge in [0.15, 0.2) is 0 Å². The molecule has 7 heteroatoms. The number of piperidine rings is 1. The number of ether oxygens (including phenoxy) is 1. The van der Waals surface area contributed by atoms with Crippen molar-refractivity contribution in [2.75, 3.05) is 38.6 Å². The van der Waals surface area contributed by atoms with Crippen molar-refractivity contribution in [2.45, 2.75) is 39.2 Å². The first-order chi connectivity index (χ1) is 12.7. The Morgan fingerprint density at radius 3 is 2.77 bits per heavy atom. The Kier molecular flexibility index (Phi) is 14.1. The van der Waals surface area contributed by atoms with Crippen molar-refractivity contribution < 1.29 is 14.6 Å². The second-order valence-corrected chi connectivity index (χ2v) is 8.48. The van der Waals surface area contributed by atoms with Gasteiger partial charge in [0.2, 0.25) is 5.91 Å². The summed E-state index contributed by atoms with van der Waals surface area (Å²) in [5.74, 6) is 1.53. The standard InChI is InChI=1S/C17H25IN2O2S.C2H6O/c18-23-14-17(21)19-8-5-11-22-16-7-4-6-15(12-16)13-20-9-2-1-3-10-20;1-2-3/h4,6-7,12H,1-3,5,8-11,13-14H2,(H,19,21);3H,2H2,1H3. The van der Waals surface area contributed by atoms with Crippen molar-refractivity contribution in [2.24, 2.45) is 0 Å². The lowest BCUT2D eigenvalue weighted by molar-refractivity contribution is -0.118. The van der Waals surface area contributed by atoms with Crippen LogP contribution in [0.15, 0.2) is 24.3 Å². The number of likely N-dealkylation sites (tertiary alicyclic amines) is 1. The molecule has 0 aliphatic carbocycles. The van der Waals surface area contributed by atoms with Gasteiger partial charge in [-0.2, -0.15) is 0 Å². The van der Waals surface area contributed by atoms with E-state index in [0.717, 1.165) is 18.7 Å². The predicted molar refractivity (Wildman–Crippen MR) is 118 cm³/mol. The van der Waals surface area contributed by atoms with Crippen LogP contribution in [-0.2, 0) is 11.3 Å². The van der Waals surface area contributed by atoms with E-state index >= 15 is 0 Å². The minimum absolute atomic E-state index is 0.0907. The Morgan fingerprint density at radius 1 is 1.35 bits per heavy atom. The van der Waals surface area contributed by atoms with Gasteiger partial charge in [-0.15, -0.1) is 0 Å². The van der Waals surface area contributed by atoms with Crippen LogP contribution in [0.4, 0.5) is 0 Å². The van der Waals surface area contributed by atoms with Gasteiger partial charge in [0.25, 0.3) is 0 Å². The number of rotatable bonds is 9. The highest BCUT2D eigenvalue weighted by Crippen LogP contribution is 2.17. The molecule has 0 unspecified atom stereocenters. The number of carbonyl (C=O) groups is 1. The average Bonchev–Trinajstić information content (AvgIpc) is 2.63. The SMILES string of the molecule is CCO.O=C(CSI)NCCCOc1cccc(CN2CCCCC2)c1. The Bertz CT molecular complexity index is 499. The number of amides is 1. The number of nitrogens with one attached hydrogen (secondary N) is 1. The molecule has 1 aromatic rings. The zero-order valence-corrected chi connectivity index (χ0v) is 18.6. The van der Waals surface area contributed by atoms with E-state index in [1.807, 2.05) is 6.07 Å². The fourth-order valence-electron chi connectivity index (χ4n) is 2.70. The zero-order chi connectivity index (χ0) is 19.0. The van der Waals surface area contributed by atoms with Crippen molar-refractivity contribution in [3.63, 3.8) is 0 Å². The van der Waals surface area contributed by atoms with Crippen LogP contribution in [0.2, 0.25) is 0 Å². The second-order valence-electron chi connectivity index (χ2n) is 6.11. The van der Waals surface area contributed by atoms with E-state index in [1.165, 1.54) is 46.8 Å². The highest BCUT2D eigenvalue weighted by molar-refractivity contribution is 14.2. The fraction of sp³-hybridized carbons (Fsp3) is 0.632. The molecule has 0 atom stereocenters. The van der Waals surface area contributed by atoms with Crippen LogP contribution in [-0.4, -0.2) is 54.5 Å². The van der Waals surface area contributed by atoms with E-state index in [0.29, 0.717) is 18.9 Å². The third kappa shape index (κ3) is 11.3. The molecular weight excluding hydrogens is 463 g/mol. The van der Waals surface area contributed by atoms with E-state index < -0.39 is 0 Å². The molecule has 0 radical (unpaired) electrons. The monoisotopic (exact) mass is 494 g/mol. The largest absolute Gasteiger partial charge is 0.494 e. The third-order valence-electron chi connectivity index (χ3n) is 3.85. The summed E-state index contributed by atoms with van der Waals surface area (Å²) in [5, 5.41) is 10.5. The number of hydrogen-bond acceptors (Lipinski definition) is 5. The lowest BCUT2D eigenvalue weighted by atomic mass is 10.1. The molecule has 1 amide bonds. The number of hydrogen-bond donors (Lipinski definition) is 2. The summed E-state index contributed by atoms with van der Waals surface area (Å²) in [5.41, 5.74) is 1.32. The van der Waals surface area contributed by atoms with Gasteiger partial charge >= 0.3 is 0 Å². The van der Waals surface area contributed by atoms with Crippen LogP contribution in [0.25, 0.3) is 0 Å². The smallest absolute Gasteiger partial charge is 0.230 e. The van der Waals surface area contributed by atoms with E-state index in [-0.39, 0.29) is 12.5 Å². The van der Waals surface area contributed by atoms with E-state index in [4.69, 9.17) is 9.84 Å². The van der Waals surface area contributed by atoms with Gasteiger partial charge in [-0.1, -0.05) is 27.5 Å². The van der Waals surface area contributed by atoms with Crippen molar-refractivity contribution in [3.05, 3.63) is 29.8 Å². The Morgan fingerprint density at radius 2 is 2.08 bits per heavy atom. The van der Waals surface area contributed by atoms with Gasteiger partial charge in [-0.05, 0) is 78.2 Å². The normalized spacial score (nSPS) is 14.3. The summed E-state index contributed by atoms with van der Waals surface area (Å²) < 4.78 is 5.80. The van der Waals surface area contributed by atoms with Crippen molar-refractivity contribution in [1.82, 2.24) is 10.2 Å². The second kappa shape index (κ2) is 15.5. The van der Waals surface area contributed by atoms with E-state index in [1.54, 1.807) is 6.92 Å². The molecule has 1 aliphatic heterocycles. The summed E-state index contributed by atoms with van der Waals surface area (Å²) in [6.45, 7) is 6.66. The average molecular weight is 494 g/mol. The first-order valence-corrected chi connectivity index (χ1v) is 12.8. The Labute approximate surface area is 173 Å². The number of nitrogens with zero attached hydrogens (tertiary/aromatic N) is 1. The summed E-state index contributed by atoms with van der Waals surface area (Å²) in [4.78, 5) is 13.8. The van der Waals surface area contributed by atoms with E-state index in [2.05, 4.69) is 49.6 Å². The first-order valence-electron chi connectivity index (χ1n) is 9.24. The summed E-state index contributed by atoms with van der Waals surface area (Å²) >= 11 is 2.13. The minimum atomic E-state index is 0.0907. The lowest BCUT2D eigenvalue weighted by Gasteiger charge is -2.26. The molecule has 0 saturated carbocycles. The molecule has 1 aromatic carbocycles. The van der Waals surface area contributed by atoms with E-state index in [9.17, 15) is 4.79 Å². The number of carbonyl (C=O) groups excluding carboxylic acids is 1. The van der Waals surface area contributed by atoms with Crippen LogP contribution >= 0.6 is 30.1 Å². The van der Waals surface area contributed by atoms with Crippen molar-refractivity contribution in [1.29, 1.82) is 0 Å². The molecule has 0 aromatic heterocycles. The maximum Gasteiger partial charge on any atom is 0.230 e. The predicted octanol–water partition coefficient (Wildman–Crippen LogP) is 3.64. The first kappa shape index (κ1) is 23.5. The van der Waals surface area contributed by atoms with Gasteiger partial charge < -0.3 is 15.2 Å². The molecule has 0 bridgehead atoms. The number of benzene rings is 1. The molecule has 2 rings (SSSR count). The van der Waals surface area contributed by atoms with Gasteiger partial charge in [0.05, 0.1) is 12.4 Å². The van der Waals surface area contributed by atoms with Crippen LogP contribution in [0.5, 0.6) is 5.75 Å².